The van der Waals surface area contributed by atoms with Gasteiger partial charge in [0.2, 0.25) is 0 Å². The molecule has 1 aromatic carbocycles. The quantitative estimate of drug-likeness (QED) is 0.875. The maximum atomic E-state index is 9.22. The average Bonchev–Trinajstić information content (AvgIpc) is 3.00. The predicted octanol–water partition coefficient (Wildman–Crippen LogP) is 3.37. The van der Waals surface area contributed by atoms with Crippen molar-refractivity contribution in [3.8, 4) is 0 Å². The predicted molar refractivity (Wildman–Crippen MR) is 74.7 cm³/mol. The SMILES string of the molecule is OCCc1cc2ccccc2n1CC1CCCC1. The van der Waals surface area contributed by atoms with E-state index in [4.69, 9.17) is 0 Å². The van der Waals surface area contributed by atoms with Crippen LogP contribution in [0.5, 0.6) is 0 Å². The fraction of sp³-hybridized carbons (Fsp3) is 0.500. The smallest absolute Gasteiger partial charge is 0.0485 e. The Morgan fingerprint density at radius 1 is 1.17 bits per heavy atom. The summed E-state index contributed by atoms with van der Waals surface area (Å²) in [6.45, 7) is 1.36. The third-order valence-corrected chi connectivity index (χ3v) is 4.18. The molecule has 0 spiro atoms. The van der Waals surface area contributed by atoms with Crippen LogP contribution in [0, 0.1) is 5.92 Å². The van der Waals surface area contributed by atoms with Gasteiger partial charge >= 0.3 is 0 Å². The second-order valence-corrected chi connectivity index (χ2v) is 5.43. The van der Waals surface area contributed by atoms with Crippen molar-refractivity contribution in [3.63, 3.8) is 0 Å². The molecule has 0 unspecified atom stereocenters. The Labute approximate surface area is 108 Å². The first-order valence-corrected chi connectivity index (χ1v) is 7.06. The molecule has 0 aliphatic heterocycles. The van der Waals surface area contributed by atoms with Gasteiger partial charge in [-0.05, 0) is 36.3 Å². The van der Waals surface area contributed by atoms with Gasteiger partial charge in [0.1, 0.15) is 0 Å². The number of benzene rings is 1. The zero-order chi connectivity index (χ0) is 12.4. The van der Waals surface area contributed by atoms with Crippen LogP contribution in [-0.4, -0.2) is 16.3 Å². The van der Waals surface area contributed by atoms with Crippen molar-refractivity contribution in [2.75, 3.05) is 6.61 Å². The number of fused-ring (bicyclic) bond motifs is 1. The molecule has 3 rings (SSSR count). The van der Waals surface area contributed by atoms with E-state index < -0.39 is 0 Å². The number of para-hydroxylation sites is 1. The zero-order valence-corrected chi connectivity index (χ0v) is 10.8. The molecule has 2 nitrogen and oxygen atoms in total. The van der Waals surface area contributed by atoms with Crippen LogP contribution in [0.3, 0.4) is 0 Å². The van der Waals surface area contributed by atoms with Gasteiger partial charge in [0, 0.05) is 30.8 Å². The lowest BCUT2D eigenvalue weighted by Gasteiger charge is -2.15. The molecule has 18 heavy (non-hydrogen) atoms. The summed E-state index contributed by atoms with van der Waals surface area (Å²) in [5.41, 5.74) is 2.61. The summed E-state index contributed by atoms with van der Waals surface area (Å²) in [6, 6.07) is 10.8. The fourth-order valence-corrected chi connectivity index (χ4v) is 3.26. The van der Waals surface area contributed by atoms with Gasteiger partial charge in [0.15, 0.2) is 0 Å². The van der Waals surface area contributed by atoms with Gasteiger partial charge < -0.3 is 9.67 Å². The number of hydrogen-bond acceptors (Lipinski definition) is 1. The summed E-state index contributed by atoms with van der Waals surface area (Å²) in [4.78, 5) is 0. The lowest BCUT2D eigenvalue weighted by molar-refractivity contribution is 0.295. The summed E-state index contributed by atoms with van der Waals surface area (Å²) in [6.07, 6.45) is 6.27. The minimum absolute atomic E-state index is 0.237. The molecule has 1 aliphatic carbocycles. The molecular formula is C16H21NO. The summed E-state index contributed by atoms with van der Waals surface area (Å²) < 4.78 is 2.43. The normalized spacial score (nSPS) is 16.7. The Kier molecular flexibility index (Phi) is 3.37. The molecule has 0 saturated heterocycles. The molecule has 1 saturated carbocycles. The standard InChI is InChI=1S/C16H21NO/c18-10-9-15-11-14-7-3-4-8-16(14)17(15)12-13-5-1-2-6-13/h3-4,7-8,11,13,18H,1-2,5-6,9-10,12H2. The first-order valence-electron chi connectivity index (χ1n) is 7.06. The molecule has 0 bridgehead atoms. The van der Waals surface area contributed by atoms with E-state index in [1.807, 2.05) is 0 Å². The van der Waals surface area contributed by atoms with Crippen LogP contribution in [0.4, 0.5) is 0 Å². The molecule has 1 fully saturated rings. The van der Waals surface area contributed by atoms with Crippen LogP contribution in [0.25, 0.3) is 10.9 Å². The van der Waals surface area contributed by atoms with Crippen LogP contribution in [0.15, 0.2) is 30.3 Å². The number of rotatable bonds is 4. The maximum Gasteiger partial charge on any atom is 0.0485 e. The van der Waals surface area contributed by atoms with Gasteiger partial charge in [-0.1, -0.05) is 31.0 Å². The van der Waals surface area contributed by atoms with Crippen LogP contribution >= 0.6 is 0 Å². The van der Waals surface area contributed by atoms with Crippen molar-refractivity contribution in [2.45, 2.75) is 38.6 Å². The lowest BCUT2D eigenvalue weighted by atomic mass is 10.1. The van der Waals surface area contributed by atoms with Crippen LogP contribution in [0.1, 0.15) is 31.4 Å². The van der Waals surface area contributed by atoms with Crippen molar-refractivity contribution in [1.29, 1.82) is 0 Å². The molecule has 2 aromatic rings. The molecule has 1 aliphatic rings. The summed E-state index contributed by atoms with van der Waals surface area (Å²) in [5, 5.41) is 10.5. The topological polar surface area (TPSA) is 25.2 Å². The number of aliphatic hydroxyl groups is 1. The monoisotopic (exact) mass is 243 g/mol. The highest BCUT2D eigenvalue weighted by atomic mass is 16.3. The zero-order valence-electron chi connectivity index (χ0n) is 10.8. The molecule has 1 heterocycles. The molecule has 96 valence electrons. The van der Waals surface area contributed by atoms with Crippen molar-refractivity contribution in [1.82, 2.24) is 4.57 Å². The Morgan fingerprint density at radius 3 is 2.72 bits per heavy atom. The van der Waals surface area contributed by atoms with E-state index in [-0.39, 0.29) is 6.61 Å². The molecule has 2 heteroatoms. The second kappa shape index (κ2) is 5.15. The van der Waals surface area contributed by atoms with E-state index in [9.17, 15) is 5.11 Å². The molecule has 0 amide bonds. The van der Waals surface area contributed by atoms with E-state index in [0.29, 0.717) is 0 Å². The third kappa shape index (κ3) is 2.17. The molecule has 0 radical (unpaired) electrons. The Hall–Kier alpha value is -1.28. The van der Waals surface area contributed by atoms with Gasteiger partial charge in [-0.2, -0.15) is 0 Å². The van der Waals surface area contributed by atoms with Crippen molar-refractivity contribution >= 4 is 10.9 Å². The second-order valence-electron chi connectivity index (χ2n) is 5.43. The van der Waals surface area contributed by atoms with E-state index >= 15 is 0 Å². The maximum absolute atomic E-state index is 9.22. The van der Waals surface area contributed by atoms with Crippen LogP contribution in [0.2, 0.25) is 0 Å². The molecule has 0 atom stereocenters. The largest absolute Gasteiger partial charge is 0.396 e. The van der Waals surface area contributed by atoms with Gasteiger partial charge in [0.05, 0.1) is 0 Å². The van der Waals surface area contributed by atoms with Crippen molar-refractivity contribution in [2.24, 2.45) is 5.92 Å². The van der Waals surface area contributed by atoms with Crippen molar-refractivity contribution < 1.29 is 5.11 Å². The number of aliphatic hydroxyl groups excluding tert-OH is 1. The summed E-state index contributed by atoms with van der Waals surface area (Å²) in [7, 11) is 0. The van der Waals surface area contributed by atoms with Crippen LogP contribution in [-0.2, 0) is 13.0 Å². The summed E-state index contributed by atoms with van der Waals surface area (Å²) in [5.74, 6) is 0.832. The van der Waals surface area contributed by atoms with E-state index in [1.165, 1.54) is 42.3 Å². The van der Waals surface area contributed by atoms with E-state index in [1.54, 1.807) is 0 Å². The lowest BCUT2D eigenvalue weighted by Crippen LogP contribution is -2.11. The molecular weight excluding hydrogens is 222 g/mol. The number of aromatic nitrogens is 1. The van der Waals surface area contributed by atoms with E-state index in [0.717, 1.165) is 18.9 Å². The Balaban J connectivity index is 1.97. The summed E-state index contributed by atoms with van der Waals surface area (Å²) >= 11 is 0. The van der Waals surface area contributed by atoms with Crippen LogP contribution < -0.4 is 0 Å². The highest BCUT2D eigenvalue weighted by molar-refractivity contribution is 5.81. The minimum Gasteiger partial charge on any atom is -0.396 e. The van der Waals surface area contributed by atoms with Gasteiger partial charge in [-0.15, -0.1) is 0 Å². The number of nitrogens with zero attached hydrogens (tertiary/aromatic N) is 1. The first-order chi connectivity index (χ1) is 8.88. The first kappa shape index (κ1) is 11.8. The highest BCUT2D eigenvalue weighted by Crippen LogP contribution is 2.29. The van der Waals surface area contributed by atoms with E-state index in [2.05, 4.69) is 34.9 Å². The van der Waals surface area contributed by atoms with Gasteiger partial charge in [0.25, 0.3) is 0 Å². The average molecular weight is 243 g/mol. The highest BCUT2D eigenvalue weighted by Gasteiger charge is 2.18. The molecule has 1 aromatic heterocycles. The minimum atomic E-state index is 0.237. The molecule has 1 N–H and O–H groups in total. The third-order valence-electron chi connectivity index (χ3n) is 4.18. The fourth-order valence-electron chi connectivity index (χ4n) is 3.26. The number of hydrogen-bond donors (Lipinski definition) is 1. The van der Waals surface area contributed by atoms with Gasteiger partial charge in [-0.25, -0.2) is 0 Å². The van der Waals surface area contributed by atoms with Crippen molar-refractivity contribution in [3.05, 3.63) is 36.0 Å². The Morgan fingerprint density at radius 2 is 1.94 bits per heavy atom. The van der Waals surface area contributed by atoms with Gasteiger partial charge in [-0.3, -0.25) is 0 Å². The Bertz CT molecular complexity index is 523.